The quantitative estimate of drug-likeness (QED) is 0.169. The molecule has 0 radical (unpaired) electrons. The van der Waals surface area contributed by atoms with Crippen LogP contribution in [0.15, 0.2) is 121 Å². The normalized spacial score (nSPS) is 21.3. The molecule has 1 unspecified atom stereocenters. The topological polar surface area (TPSA) is 73.4 Å². The van der Waals surface area contributed by atoms with E-state index in [9.17, 15) is 27.6 Å². The van der Waals surface area contributed by atoms with Gasteiger partial charge in [0.1, 0.15) is 18.7 Å². The highest BCUT2D eigenvalue weighted by Crippen LogP contribution is 2.39. The maximum Gasteiger partial charge on any atom is 0.416 e. The Kier molecular flexibility index (Phi) is 10.0. The second kappa shape index (κ2) is 15.0. The van der Waals surface area contributed by atoms with Crippen LogP contribution in [0.3, 0.4) is 0 Å². The van der Waals surface area contributed by atoms with E-state index in [2.05, 4.69) is 0 Å². The number of carbonyl (C=O) groups is 3. The molecule has 0 aliphatic carbocycles. The van der Waals surface area contributed by atoms with E-state index in [4.69, 9.17) is 4.74 Å². The number of amides is 3. The summed E-state index contributed by atoms with van der Waals surface area (Å²) in [4.78, 5) is 49.0. The zero-order valence-corrected chi connectivity index (χ0v) is 28.4. The third-order valence-electron chi connectivity index (χ3n) is 10.1. The highest BCUT2D eigenvalue weighted by atomic mass is 19.4. The number of β-lactam (4-membered cyclic amide) rings is 1. The average Bonchev–Trinajstić information content (AvgIpc) is 3.55. The summed E-state index contributed by atoms with van der Waals surface area (Å²) in [7, 11) is 0. The Morgan fingerprint density at radius 1 is 0.827 bits per heavy atom. The Bertz CT molecular complexity index is 1900. The third-order valence-corrected chi connectivity index (χ3v) is 10.1. The first-order chi connectivity index (χ1) is 25.2. The first-order valence-corrected chi connectivity index (χ1v) is 17.5. The van der Waals surface area contributed by atoms with Crippen molar-refractivity contribution in [1.82, 2.24) is 14.7 Å². The van der Waals surface area contributed by atoms with Crippen LogP contribution in [0.1, 0.15) is 34.7 Å². The number of aryl methyl sites for hydroxylation is 1. The molecule has 0 bridgehead atoms. The van der Waals surface area contributed by atoms with Gasteiger partial charge in [-0.3, -0.25) is 14.5 Å². The molecule has 0 N–H and O–H groups in total. The molecule has 52 heavy (non-hydrogen) atoms. The molecule has 0 saturated carbocycles. The lowest BCUT2D eigenvalue weighted by molar-refractivity contribution is -0.166. The summed E-state index contributed by atoms with van der Waals surface area (Å²) < 4.78 is 45.8. The number of hydrogen-bond donors (Lipinski definition) is 0. The number of cyclic esters (lactones) is 1. The number of carbonyl (C=O) groups excluding carboxylic acids is 3. The minimum absolute atomic E-state index is 0.105. The fourth-order valence-corrected chi connectivity index (χ4v) is 7.41. The van der Waals surface area contributed by atoms with Crippen molar-refractivity contribution in [3.05, 3.63) is 144 Å². The molecular weight excluding hydrogens is 669 g/mol. The molecule has 0 spiro atoms. The molecule has 7 rings (SSSR count). The van der Waals surface area contributed by atoms with Crippen molar-refractivity contribution in [2.45, 2.75) is 43.2 Å². The van der Waals surface area contributed by atoms with E-state index < -0.39 is 42.0 Å². The van der Waals surface area contributed by atoms with Gasteiger partial charge in [-0.2, -0.15) is 13.2 Å². The lowest BCUT2D eigenvalue weighted by Crippen LogP contribution is -2.74. The summed E-state index contributed by atoms with van der Waals surface area (Å²) in [6.45, 7) is 1.34. The molecule has 3 amide bonds. The average molecular weight is 709 g/mol. The van der Waals surface area contributed by atoms with Gasteiger partial charge in [-0.25, -0.2) is 4.79 Å². The standard InChI is InChI=1S/C41H39F3N4O4/c42-41(43,44)32-17-10-18-33(27-32)45-23-25-46(26-24-45)38(49)35(22-20-30-13-6-2-7-14-30)47-34(21-19-29-11-4-1-5-12-29)37(39(47)50)48-36(28-52-40(48)51)31-15-8-3-9-16-31/h1-19,21,27,34-37H,20,22-26,28H2/b21-19+/t34-,35?,36-,37+/m1/s1. The summed E-state index contributed by atoms with van der Waals surface area (Å²) in [5, 5.41) is 0. The van der Waals surface area contributed by atoms with Gasteiger partial charge in [-0.15, -0.1) is 0 Å². The molecule has 3 saturated heterocycles. The maximum atomic E-state index is 14.6. The van der Waals surface area contributed by atoms with E-state index in [0.29, 0.717) is 31.6 Å². The van der Waals surface area contributed by atoms with Gasteiger partial charge >= 0.3 is 12.3 Å². The Balaban J connectivity index is 1.17. The second-order valence-corrected chi connectivity index (χ2v) is 13.3. The molecule has 3 aliphatic heterocycles. The minimum Gasteiger partial charge on any atom is -0.447 e. The van der Waals surface area contributed by atoms with Gasteiger partial charge in [0.25, 0.3) is 0 Å². The second-order valence-electron chi connectivity index (χ2n) is 13.3. The van der Waals surface area contributed by atoms with Crippen molar-refractivity contribution in [2.24, 2.45) is 0 Å². The molecule has 11 heteroatoms. The van der Waals surface area contributed by atoms with Crippen LogP contribution in [-0.2, 0) is 26.9 Å². The van der Waals surface area contributed by atoms with Crippen molar-refractivity contribution in [1.29, 1.82) is 0 Å². The number of ether oxygens (including phenoxy) is 1. The zero-order chi connectivity index (χ0) is 36.2. The number of nitrogens with zero attached hydrogens (tertiary/aromatic N) is 4. The van der Waals surface area contributed by atoms with Gasteiger partial charge in [-0.05, 0) is 47.7 Å². The summed E-state index contributed by atoms with van der Waals surface area (Å²) in [6, 6.07) is 31.2. The first-order valence-electron chi connectivity index (χ1n) is 17.5. The molecule has 3 fully saturated rings. The van der Waals surface area contributed by atoms with Gasteiger partial charge in [0, 0.05) is 31.9 Å². The Labute approximate surface area is 300 Å². The number of halogens is 3. The van der Waals surface area contributed by atoms with E-state index in [1.165, 1.54) is 11.0 Å². The van der Waals surface area contributed by atoms with Gasteiger partial charge in [-0.1, -0.05) is 109 Å². The van der Waals surface area contributed by atoms with E-state index in [0.717, 1.165) is 28.8 Å². The summed E-state index contributed by atoms with van der Waals surface area (Å²) >= 11 is 0. The lowest BCUT2D eigenvalue weighted by atomic mass is 9.86. The lowest BCUT2D eigenvalue weighted by Gasteiger charge is -2.53. The number of hydrogen-bond acceptors (Lipinski definition) is 5. The largest absolute Gasteiger partial charge is 0.447 e. The third kappa shape index (κ3) is 7.26. The van der Waals surface area contributed by atoms with Crippen molar-refractivity contribution in [3.8, 4) is 0 Å². The number of anilines is 1. The van der Waals surface area contributed by atoms with Crippen LogP contribution in [0.5, 0.6) is 0 Å². The number of piperazine rings is 1. The molecule has 3 heterocycles. The van der Waals surface area contributed by atoms with Crippen LogP contribution in [0.2, 0.25) is 0 Å². The van der Waals surface area contributed by atoms with Crippen LogP contribution < -0.4 is 4.90 Å². The SMILES string of the molecule is O=C(C(CCc1ccccc1)N1C(=O)[C@@H](N2C(=O)OC[C@@H]2c2ccccc2)[C@H]1/C=C/c1ccccc1)N1CCN(c2cccc(C(F)(F)F)c2)CC1. The predicted octanol–water partition coefficient (Wildman–Crippen LogP) is 6.84. The van der Waals surface area contributed by atoms with E-state index >= 15 is 0 Å². The molecule has 3 aliphatic rings. The van der Waals surface area contributed by atoms with E-state index in [1.54, 1.807) is 15.9 Å². The summed E-state index contributed by atoms with van der Waals surface area (Å²) in [5.74, 6) is -0.565. The Morgan fingerprint density at radius 2 is 1.48 bits per heavy atom. The fourth-order valence-electron chi connectivity index (χ4n) is 7.41. The van der Waals surface area contributed by atoms with Gasteiger partial charge in [0.15, 0.2) is 0 Å². The summed E-state index contributed by atoms with van der Waals surface area (Å²) in [5.41, 5.74) is 2.49. The van der Waals surface area contributed by atoms with E-state index in [-0.39, 0.29) is 31.5 Å². The van der Waals surface area contributed by atoms with Crippen molar-refractivity contribution >= 4 is 29.7 Å². The number of likely N-dealkylation sites (tertiary alicyclic amines) is 1. The van der Waals surface area contributed by atoms with Crippen molar-refractivity contribution in [3.63, 3.8) is 0 Å². The maximum absolute atomic E-state index is 14.6. The number of benzene rings is 4. The minimum atomic E-state index is -4.46. The van der Waals surface area contributed by atoms with Crippen LogP contribution in [-0.4, -0.2) is 83.5 Å². The van der Waals surface area contributed by atoms with Crippen LogP contribution >= 0.6 is 0 Å². The smallest absolute Gasteiger partial charge is 0.416 e. The first kappa shape index (κ1) is 34.9. The molecule has 4 aromatic carbocycles. The van der Waals surface area contributed by atoms with Gasteiger partial charge < -0.3 is 19.4 Å². The van der Waals surface area contributed by atoms with Gasteiger partial charge in [0.2, 0.25) is 11.8 Å². The molecule has 4 atom stereocenters. The molecule has 0 aromatic heterocycles. The highest BCUT2D eigenvalue weighted by Gasteiger charge is 2.58. The number of alkyl halides is 3. The van der Waals surface area contributed by atoms with Crippen molar-refractivity contribution < 1.29 is 32.3 Å². The van der Waals surface area contributed by atoms with Gasteiger partial charge in [0.05, 0.1) is 17.6 Å². The van der Waals surface area contributed by atoms with Crippen LogP contribution in [0.4, 0.5) is 23.7 Å². The fraction of sp³-hybridized carbons (Fsp3) is 0.293. The Morgan fingerprint density at radius 3 is 2.15 bits per heavy atom. The zero-order valence-electron chi connectivity index (χ0n) is 28.4. The van der Waals surface area contributed by atoms with Crippen LogP contribution in [0, 0.1) is 0 Å². The monoisotopic (exact) mass is 708 g/mol. The highest BCUT2D eigenvalue weighted by molar-refractivity contribution is 5.98. The predicted molar refractivity (Wildman–Crippen MR) is 191 cm³/mol. The summed E-state index contributed by atoms with van der Waals surface area (Å²) in [6.07, 6.45) is -0.366. The van der Waals surface area contributed by atoms with Crippen LogP contribution in [0.25, 0.3) is 6.08 Å². The van der Waals surface area contributed by atoms with Crippen molar-refractivity contribution in [2.75, 3.05) is 37.7 Å². The number of rotatable bonds is 10. The molecule has 8 nitrogen and oxygen atoms in total. The molecule has 4 aromatic rings. The Hall–Kier alpha value is -5.58. The van der Waals surface area contributed by atoms with E-state index in [1.807, 2.05) is 108 Å². The molecule has 268 valence electrons. The molecular formula is C41H39F3N4O4.